The minimum absolute atomic E-state index is 0.172. The van der Waals surface area contributed by atoms with Gasteiger partial charge in [0.2, 0.25) is 5.91 Å². The summed E-state index contributed by atoms with van der Waals surface area (Å²) in [5.41, 5.74) is 5.71. The lowest BCUT2D eigenvalue weighted by atomic mass is 10.2. The van der Waals surface area contributed by atoms with Crippen molar-refractivity contribution in [1.29, 1.82) is 0 Å². The standard InChI is InChI=1S/C12H17NO3/c1-3-6-10(4-2)9-16-12(15)8-5-7-11(13)14/h3-4,6H,1-2,5,7-9H2,(H2,13,14)/b10-6+. The van der Waals surface area contributed by atoms with Crippen LogP contribution in [-0.4, -0.2) is 18.5 Å². The van der Waals surface area contributed by atoms with Crippen LogP contribution in [0.4, 0.5) is 0 Å². The van der Waals surface area contributed by atoms with Crippen molar-refractivity contribution in [2.24, 2.45) is 5.73 Å². The Labute approximate surface area is 95.5 Å². The monoisotopic (exact) mass is 223 g/mol. The number of nitrogens with two attached hydrogens (primary N) is 1. The smallest absolute Gasteiger partial charge is 0.306 e. The number of amides is 1. The van der Waals surface area contributed by atoms with E-state index in [0.717, 1.165) is 5.57 Å². The summed E-state index contributed by atoms with van der Waals surface area (Å²) >= 11 is 0. The molecule has 0 unspecified atom stereocenters. The van der Waals surface area contributed by atoms with Crippen LogP contribution in [0.25, 0.3) is 0 Å². The number of carbonyl (C=O) groups is 2. The molecular formula is C12H17NO3. The molecule has 0 saturated heterocycles. The van der Waals surface area contributed by atoms with Gasteiger partial charge in [-0.1, -0.05) is 31.4 Å². The summed E-state index contributed by atoms with van der Waals surface area (Å²) in [6, 6.07) is 0. The Morgan fingerprint density at radius 3 is 2.44 bits per heavy atom. The number of esters is 1. The van der Waals surface area contributed by atoms with Crippen LogP contribution in [-0.2, 0) is 14.3 Å². The van der Waals surface area contributed by atoms with Gasteiger partial charge in [-0.3, -0.25) is 9.59 Å². The Morgan fingerprint density at radius 2 is 1.94 bits per heavy atom. The number of hydrogen-bond donors (Lipinski definition) is 1. The molecule has 0 fully saturated rings. The third-order valence-electron chi connectivity index (χ3n) is 1.80. The summed E-state index contributed by atoms with van der Waals surface area (Å²) in [5, 5.41) is 0. The summed E-state index contributed by atoms with van der Waals surface area (Å²) < 4.78 is 4.95. The maximum atomic E-state index is 11.2. The summed E-state index contributed by atoms with van der Waals surface area (Å²) in [7, 11) is 0. The fourth-order valence-electron chi connectivity index (χ4n) is 0.969. The number of rotatable bonds is 8. The Balaban J connectivity index is 3.80. The zero-order valence-electron chi connectivity index (χ0n) is 9.28. The van der Waals surface area contributed by atoms with E-state index in [0.29, 0.717) is 6.42 Å². The van der Waals surface area contributed by atoms with E-state index in [2.05, 4.69) is 13.2 Å². The largest absolute Gasteiger partial charge is 0.461 e. The predicted octanol–water partition coefficient (Wildman–Crippen LogP) is 1.48. The SMILES string of the molecule is C=C/C=C(\C=C)COC(=O)CCCC(N)=O. The normalized spacial score (nSPS) is 10.6. The summed E-state index contributed by atoms with van der Waals surface area (Å²) in [6.45, 7) is 7.27. The molecule has 0 aliphatic heterocycles. The van der Waals surface area contributed by atoms with E-state index >= 15 is 0 Å². The zero-order valence-corrected chi connectivity index (χ0v) is 9.28. The first-order chi connectivity index (χ1) is 7.60. The van der Waals surface area contributed by atoms with Crippen molar-refractivity contribution in [2.45, 2.75) is 19.3 Å². The molecule has 0 atom stereocenters. The highest BCUT2D eigenvalue weighted by molar-refractivity contribution is 5.75. The first kappa shape index (κ1) is 14.2. The van der Waals surface area contributed by atoms with Gasteiger partial charge < -0.3 is 10.5 Å². The molecule has 0 spiro atoms. The van der Waals surface area contributed by atoms with Gasteiger partial charge in [-0.2, -0.15) is 0 Å². The van der Waals surface area contributed by atoms with Crippen LogP contribution in [0.15, 0.2) is 37.0 Å². The van der Waals surface area contributed by atoms with Gasteiger partial charge in [0.05, 0.1) is 0 Å². The lowest BCUT2D eigenvalue weighted by molar-refractivity contribution is -0.142. The Kier molecular flexibility index (Phi) is 7.49. The van der Waals surface area contributed by atoms with Crippen LogP contribution >= 0.6 is 0 Å². The second-order valence-electron chi connectivity index (χ2n) is 3.16. The quantitative estimate of drug-likeness (QED) is 0.500. The molecule has 2 N–H and O–H groups in total. The second kappa shape index (κ2) is 8.47. The van der Waals surface area contributed by atoms with Crippen LogP contribution in [0.2, 0.25) is 0 Å². The van der Waals surface area contributed by atoms with Crippen LogP contribution in [0.1, 0.15) is 19.3 Å². The van der Waals surface area contributed by atoms with Gasteiger partial charge in [-0.15, -0.1) is 0 Å². The van der Waals surface area contributed by atoms with Crippen LogP contribution < -0.4 is 5.73 Å². The van der Waals surface area contributed by atoms with E-state index in [-0.39, 0.29) is 25.4 Å². The number of ether oxygens (including phenoxy) is 1. The van der Waals surface area contributed by atoms with Crippen molar-refractivity contribution < 1.29 is 14.3 Å². The predicted molar refractivity (Wildman–Crippen MR) is 62.5 cm³/mol. The first-order valence-corrected chi connectivity index (χ1v) is 4.98. The Bertz CT molecular complexity index is 305. The van der Waals surface area contributed by atoms with Crippen LogP contribution in [0.3, 0.4) is 0 Å². The molecule has 0 saturated carbocycles. The molecular weight excluding hydrogens is 206 g/mol. The Morgan fingerprint density at radius 1 is 1.25 bits per heavy atom. The first-order valence-electron chi connectivity index (χ1n) is 4.98. The van der Waals surface area contributed by atoms with Gasteiger partial charge in [0.15, 0.2) is 0 Å². The lowest BCUT2D eigenvalue weighted by Gasteiger charge is -2.04. The maximum Gasteiger partial charge on any atom is 0.306 e. The highest BCUT2D eigenvalue weighted by Gasteiger charge is 2.04. The average molecular weight is 223 g/mol. The van der Waals surface area contributed by atoms with E-state index in [1.165, 1.54) is 0 Å². The molecule has 4 nitrogen and oxygen atoms in total. The molecule has 0 heterocycles. The van der Waals surface area contributed by atoms with Gasteiger partial charge in [-0.05, 0) is 12.0 Å². The minimum atomic E-state index is -0.411. The molecule has 0 bridgehead atoms. The van der Waals surface area contributed by atoms with Gasteiger partial charge in [-0.25, -0.2) is 0 Å². The third kappa shape index (κ3) is 7.55. The molecule has 0 aromatic rings. The average Bonchev–Trinajstić information content (AvgIpc) is 2.23. The van der Waals surface area contributed by atoms with Crippen LogP contribution in [0, 0.1) is 0 Å². The lowest BCUT2D eigenvalue weighted by Crippen LogP contribution is -2.12. The molecule has 0 aromatic carbocycles. The second-order valence-corrected chi connectivity index (χ2v) is 3.16. The van der Waals surface area contributed by atoms with E-state index < -0.39 is 5.91 Å². The number of carbonyl (C=O) groups excluding carboxylic acids is 2. The number of primary amides is 1. The van der Waals surface area contributed by atoms with Crippen molar-refractivity contribution in [3.63, 3.8) is 0 Å². The van der Waals surface area contributed by atoms with E-state index in [4.69, 9.17) is 10.5 Å². The fraction of sp³-hybridized carbons (Fsp3) is 0.333. The van der Waals surface area contributed by atoms with Gasteiger partial charge in [0.1, 0.15) is 6.61 Å². The van der Waals surface area contributed by atoms with Crippen molar-refractivity contribution in [3.05, 3.63) is 37.0 Å². The Hall–Kier alpha value is -1.84. The summed E-state index contributed by atoms with van der Waals surface area (Å²) in [5.74, 6) is -0.760. The summed E-state index contributed by atoms with van der Waals surface area (Å²) in [6.07, 6.45) is 5.72. The summed E-state index contributed by atoms with van der Waals surface area (Å²) in [4.78, 5) is 21.6. The molecule has 0 aliphatic rings. The molecule has 0 rings (SSSR count). The third-order valence-corrected chi connectivity index (χ3v) is 1.80. The van der Waals surface area contributed by atoms with Gasteiger partial charge in [0, 0.05) is 12.8 Å². The van der Waals surface area contributed by atoms with E-state index in [1.54, 1.807) is 18.2 Å². The molecule has 0 radical (unpaired) electrons. The van der Waals surface area contributed by atoms with Crippen molar-refractivity contribution in [3.8, 4) is 0 Å². The van der Waals surface area contributed by atoms with E-state index in [9.17, 15) is 9.59 Å². The maximum absolute atomic E-state index is 11.2. The molecule has 1 amide bonds. The van der Waals surface area contributed by atoms with Crippen molar-refractivity contribution in [2.75, 3.05) is 6.61 Å². The number of hydrogen-bond acceptors (Lipinski definition) is 3. The molecule has 0 aromatic heterocycles. The molecule has 16 heavy (non-hydrogen) atoms. The van der Waals surface area contributed by atoms with Crippen molar-refractivity contribution in [1.82, 2.24) is 0 Å². The highest BCUT2D eigenvalue weighted by atomic mass is 16.5. The molecule has 0 aliphatic carbocycles. The topological polar surface area (TPSA) is 69.4 Å². The highest BCUT2D eigenvalue weighted by Crippen LogP contribution is 2.01. The minimum Gasteiger partial charge on any atom is -0.461 e. The van der Waals surface area contributed by atoms with Gasteiger partial charge >= 0.3 is 5.97 Å². The van der Waals surface area contributed by atoms with Gasteiger partial charge in [0.25, 0.3) is 0 Å². The zero-order chi connectivity index (χ0) is 12.4. The van der Waals surface area contributed by atoms with Crippen LogP contribution in [0.5, 0.6) is 0 Å². The fourth-order valence-corrected chi connectivity index (χ4v) is 0.969. The van der Waals surface area contributed by atoms with E-state index in [1.807, 2.05) is 0 Å². The molecule has 4 heteroatoms. The van der Waals surface area contributed by atoms with Crippen molar-refractivity contribution >= 4 is 11.9 Å². The molecule has 88 valence electrons. The number of allylic oxidation sites excluding steroid dienone is 2.